The highest BCUT2D eigenvalue weighted by molar-refractivity contribution is 7.13. The van der Waals surface area contributed by atoms with Gasteiger partial charge in [-0.25, -0.2) is 0 Å². The number of hydrogen-bond donors (Lipinski definition) is 0. The number of rotatable bonds is 5. The van der Waals surface area contributed by atoms with Crippen molar-refractivity contribution in [1.29, 1.82) is 0 Å². The zero-order valence-corrected chi connectivity index (χ0v) is 18.4. The third-order valence-electron chi connectivity index (χ3n) is 5.87. The number of hydrogen-bond acceptors (Lipinski definition) is 5. The Morgan fingerprint density at radius 1 is 1.00 bits per heavy atom. The van der Waals surface area contributed by atoms with Gasteiger partial charge in [0.15, 0.2) is 0 Å². The molecule has 0 bridgehead atoms. The molecule has 1 saturated heterocycles. The molecule has 0 atom stereocenters. The van der Waals surface area contributed by atoms with E-state index in [0.29, 0.717) is 12.8 Å². The Hall–Kier alpha value is -3.12. The standard InChI is InChI=1S/C25H25N3O2S/c1-18-6-8-19(9-7-18)22-12-10-20(30-22)11-13-24(29)27-14-16-28(17-15-27)25-21-4-2-3-5-23(21)31-26-25/h2-10,12H,11,13-17H2,1H3. The van der Waals surface area contributed by atoms with E-state index in [-0.39, 0.29) is 5.91 Å². The van der Waals surface area contributed by atoms with Crippen molar-refractivity contribution in [3.8, 4) is 11.3 Å². The first kappa shape index (κ1) is 19.8. The van der Waals surface area contributed by atoms with Crippen molar-refractivity contribution in [2.24, 2.45) is 0 Å². The molecule has 2 aromatic carbocycles. The fourth-order valence-electron chi connectivity index (χ4n) is 4.04. The largest absolute Gasteiger partial charge is 0.461 e. The molecule has 1 aliphatic heterocycles. The van der Waals surface area contributed by atoms with E-state index >= 15 is 0 Å². The van der Waals surface area contributed by atoms with E-state index in [1.54, 1.807) is 0 Å². The van der Waals surface area contributed by atoms with E-state index < -0.39 is 0 Å². The summed E-state index contributed by atoms with van der Waals surface area (Å²) in [7, 11) is 0. The molecule has 0 spiro atoms. The lowest BCUT2D eigenvalue weighted by Crippen LogP contribution is -2.49. The SMILES string of the molecule is Cc1ccc(-c2ccc(CCC(=O)N3CCN(c4nsc5ccccc45)CC3)o2)cc1. The van der Waals surface area contributed by atoms with Crippen LogP contribution in [0.4, 0.5) is 5.82 Å². The maximum atomic E-state index is 12.7. The number of benzene rings is 2. The van der Waals surface area contributed by atoms with Crippen molar-refractivity contribution in [3.05, 3.63) is 72.0 Å². The smallest absolute Gasteiger partial charge is 0.223 e. The van der Waals surface area contributed by atoms with E-state index in [1.165, 1.54) is 27.2 Å². The monoisotopic (exact) mass is 431 g/mol. The Balaban J connectivity index is 1.15. The lowest BCUT2D eigenvalue weighted by atomic mass is 10.1. The van der Waals surface area contributed by atoms with Gasteiger partial charge in [0.1, 0.15) is 17.3 Å². The molecule has 158 valence electrons. The van der Waals surface area contributed by atoms with Crippen LogP contribution in [-0.4, -0.2) is 41.4 Å². The van der Waals surface area contributed by atoms with Gasteiger partial charge in [-0.3, -0.25) is 4.79 Å². The highest BCUT2D eigenvalue weighted by Gasteiger charge is 2.23. The van der Waals surface area contributed by atoms with E-state index in [9.17, 15) is 4.79 Å². The lowest BCUT2D eigenvalue weighted by molar-refractivity contribution is -0.131. The highest BCUT2D eigenvalue weighted by atomic mass is 32.1. The van der Waals surface area contributed by atoms with Gasteiger partial charge in [-0.05, 0) is 42.7 Å². The van der Waals surface area contributed by atoms with Crippen LogP contribution in [0, 0.1) is 6.92 Å². The predicted octanol–water partition coefficient (Wildman–Crippen LogP) is 5.15. The molecule has 0 saturated carbocycles. The van der Waals surface area contributed by atoms with Crippen LogP contribution in [0.15, 0.2) is 65.1 Å². The van der Waals surface area contributed by atoms with Crippen molar-refractivity contribution < 1.29 is 9.21 Å². The zero-order chi connectivity index (χ0) is 21.2. The van der Waals surface area contributed by atoms with Gasteiger partial charge < -0.3 is 14.2 Å². The van der Waals surface area contributed by atoms with Gasteiger partial charge in [0.05, 0.1) is 4.70 Å². The number of aromatic nitrogens is 1. The molecule has 1 aliphatic rings. The Labute approximate surface area is 186 Å². The highest BCUT2D eigenvalue weighted by Crippen LogP contribution is 2.30. The van der Waals surface area contributed by atoms with Crippen molar-refractivity contribution in [2.45, 2.75) is 19.8 Å². The van der Waals surface area contributed by atoms with Gasteiger partial charge in [0.25, 0.3) is 0 Å². The van der Waals surface area contributed by atoms with Crippen LogP contribution < -0.4 is 4.90 Å². The second-order valence-corrected chi connectivity index (χ2v) is 8.81. The van der Waals surface area contributed by atoms with E-state index in [2.05, 4.69) is 58.7 Å². The van der Waals surface area contributed by atoms with Crippen LogP contribution in [0.2, 0.25) is 0 Å². The second kappa shape index (κ2) is 8.55. The summed E-state index contributed by atoms with van der Waals surface area (Å²) in [6.07, 6.45) is 1.10. The summed E-state index contributed by atoms with van der Waals surface area (Å²) >= 11 is 1.54. The Kier molecular flexibility index (Phi) is 5.47. The summed E-state index contributed by atoms with van der Waals surface area (Å²) in [6, 6.07) is 20.6. The fourth-order valence-corrected chi connectivity index (χ4v) is 4.84. The number of carbonyl (C=O) groups is 1. The average Bonchev–Trinajstić information content (AvgIpc) is 3.45. The van der Waals surface area contributed by atoms with Crippen LogP contribution in [0.1, 0.15) is 17.7 Å². The molecular formula is C25H25N3O2S. The molecule has 0 N–H and O–H groups in total. The molecule has 1 fully saturated rings. The lowest BCUT2D eigenvalue weighted by Gasteiger charge is -2.35. The van der Waals surface area contributed by atoms with Crippen molar-refractivity contribution >= 4 is 33.3 Å². The van der Waals surface area contributed by atoms with Crippen LogP contribution >= 0.6 is 11.5 Å². The van der Waals surface area contributed by atoms with Gasteiger partial charge in [0, 0.05) is 50.0 Å². The van der Waals surface area contributed by atoms with Gasteiger partial charge in [-0.15, -0.1) is 0 Å². The van der Waals surface area contributed by atoms with Crippen LogP contribution in [0.3, 0.4) is 0 Å². The molecule has 5 rings (SSSR count). The molecule has 2 aromatic heterocycles. The molecule has 4 aromatic rings. The summed E-state index contributed by atoms with van der Waals surface area (Å²) in [5, 5.41) is 1.20. The molecular weight excluding hydrogens is 406 g/mol. The fraction of sp³-hybridized carbons (Fsp3) is 0.280. The Bertz CT molecular complexity index is 1190. The Morgan fingerprint density at radius 2 is 1.77 bits per heavy atom. The van der Waals surface area contributed by atoms with Gasteiger partial charge in [-0.1, -0.05) is 42.0 Å². The first-order valence-electron chi connectivity index (χ1n) is 10.7. The first-order valence-corrected chi connectivity index (χ1v) is 11.5. The Morgan fingerprint density at radius 3 is 2.58 bits per heavy atom. The van der Waals surface area contributed by atoms with Gasteiger partial charge >= 0.3 is 0 Å². The van der Waals surface area contributed by atoms with Crippen molar-refractivity contribution in [1.82, 2.24) is 9.27 Å². The molecule has 3 heterocycles. The van der Waals surface area contributed by atoms with E-state index in [4.69, 9.17) is 4.42 Å². The molecule has 6 heteroatoms. The predicted molar refractivity (Wildman–Crippen MR) is 126 cm³/mol. The number of furan rings is 1. The minimum absolute atomic E-state index is 0.191. The summed E-state index contributed by atoms with van der Waals surface area (Å²) < 4.78 is 11.8. The minimum Gasteiger partial charge on any atom is -0.461 e. The first-order chi connectivity index (χ1) is 15.2. The molecule has 0 unspecified atom stereocenters. The van der Waals surface area contributed by atoms with Gasteiger partial charge in [-0.2, -0.15) is 4.37 Å². The molecule has 0 radical (unpaired) electrons. The average molecular weight is 432 g/mol. The molecule has 31 heavy (non-hydrogen) atoms. The zero-order valence-electron chi connectivity index (χ0n) is 17.6. The normalized spacial score (nSPS) is 14.4. The third-order valence-corrected chi connectivity index (χ3v) is 6.69. The number of nitrogens with zero attached hydrogens (tertiary/aromatic N) is 3. The van der Waals surface area contributed by atoms with E-state index in [1.807, 2.05) is 23.1 Å². The molecule has 0 aliphatic carbocycles. The maximum absolute atomic E-state index is 12.7. The summed E-state index contributed by atoms with van der Waals surface area (Å²) in [5.74, 6) is 2.95. The topological polar surface area (TPSA) is 49.6 Å². The summed E-state index contributed by atoms with van der Waals surface area (Å²) in [5.41, 5.74) is 2.29. The van der Waals surface area contributed by atoms with Crippen LogP contribution in [0.5, 0.6) is 0 Å². The third kappa shape index (κ3) is 4.21. The second-order valence-electron chi connectivity index (χ2n) is 8.00. The van der Waals surface area contributed by atoms with E-state index in [0.717, 1.165) is 49.1 Å². The molecule has 1 amide bonds. The van der Waals surface area contributed by atoms with Crippen molar-refractivity contribution in [2.75, 3.05) is 31.1 Å². The van der Waals surface area contributed by atoms with Crippen LogP contribution in [-0.2, 0) is 11.2 Å². The summed E-state index contributed by atoms with van der Waals surface area (Å²) in [6.45, 7) is 5.17. The minimum atomic E-state index is 0.191. The van der Waals surface area contributed by atoms with Gasteiger partial charge in [0.2, 0.25) is 5.91 Å². The van der Waals surface area contributed by atoms with Crippen molar-refractivity contribution in [3.63, 3.8) is 0 Å². The summed E-state index contributed by atoms with van der Waals surface area (Å²) in [4.78, 5) is 17.0. The molecule has 5 nitrogen and oxygen atoms in total. The number of piperazine rings is 1. The maximum Gasteiger partial charge on any atom is 0.223 e. The number of fused-ring (bicyclic) bond motifs is 1. The number of anilines is 1. The number of carbonyl (C=O) groups excluding carboxylic acids is 1. The number of amides is 1. The van der Waals surface area contributed by atoms with Crippen LogP contribution in [0.25, 0.3) is 21.4 Å². The quantitative estimate of drug-likeness (QED) is 0.439. The number of aryl methyl sites for hydroxylation is 2.